The van der Waals surface area contributed by atoms with Crippen LogP contribution in [0.2, 0.25) is 0 Å². The van der Waals surface area contributed by atoms with E-state index >= 15 is 0 Å². The number of nitrogens with zero attached hydrogens (tertiary/aromatic N) is 2. The van der Waals surface area contributed by atoms with Gasteiger partial charge in [0.2, 0.25) is 5.91 Å². The normalized spacial score (nSPS) is 10.3. The van der Waals surface area contributed by atoms with Crippen molar-refractivity contribution in [2.45, 2.75) is 39.2 Å². The van der Waals surface area contributed by atoms with Crippen LogP contribution in [0.4, 0.5) is 0 Å². The quantitative estimate of drug-likeness (QED) is 0.779. The number of carbonyl (C=O) groups excluding carboxylic acids is 2. The van der Waals surface area contributed by atoms with Crippen LogP contribution < -0.4 is 5.32 Å². The van der Waals surface area contributed by atoms with Crippen molar-refractivity contribution in [1.82, 2.24) is 15.2 Å². The summed E-state index contributed by atoms with van der Waals surface area (Å²) in [7, 11) is 3.35. The Morgan fingerprint density at radius 3 is 2.79 bits per heavy atom. The number of unbranched alkanes of at least 4 members (excludes halogenated alkanes) is 2. The van der Waals surface area contributed by atoms with Crippen molar-refractivity contribution < 1.29 is 9.59 Å². The molecule has 0 aliphatic rings. The first kappa shape index (κ1) is 15.6. The highest BCUT2D eigenvalue weighted by Gasteiger charge is 2.13. The number of hydrogen-bond donors (Lipinski definition) is 1. The Kier molecular flexibility index (Phi) is 6.49. The van der Waals surface area contributed by atoms with E-state index in [1.807, 2.05) is 0 Å². The van der Waals surface area contributed by atoms with E-state index in [9.17, 15) is 9.59 Å². The van der Waals surface area contributed by atoms with E-state index < -0.39 is 0 Å². The fourth-order valence-electron chi connectivity index (χ4n) is 1.62. The summed E-state index contributed by atoms with van der Waals surface area (Å²) in [6.45, 7) is 2.58. The van der Waals surface area contributed by atoms with Crippen LogP contribution in [-0.4, -0.2) is 35.8 Å². The number of nitrogens with one attached hydrogen (secondary N) is 1. The minimum absolute atomic E-state index is 0.130. The van der Waals surface area contributed by atoms with E-state index in [4.69, 9.17) is 0 Å². The van der Waals surface area contributed by atoms with Gasteiger partial charge in [-0.05, 0) is 6.42 Å². The summed E-state index contributed by atoms with van der Waals surface area (Å²) in [4.78, 5) is 29.1. The van der Waals surface area contributed by atoms with E-state index in [-0.39, 0.29) is 11.8 Å². The maximum atomic E-state index is 11.8. The van der Waals surface area contributed by atoms with Crippen LogP contribution in [0.3, 0.4) is 0 Å². The third-order valence-corrected chi connectivity index (χ3v) is 3.64. The fraction of sp³-hybridized carbons (Fsp3) is 0.615. The van der Waals surface area contributed by atoms with Crippen LogP contribution in [0.25, 0.3) is 0 Å². The van der Waals surface area contributed by atoms with Gasteiger partial charge in [-0.15, -0.1) is 11.3 Å². The van der Waals surface area contributed by atoms with E-state index in [1.165, 1.54) is 11.3 Å². The Labute approximate surface area is 118 Å². The van der Waals surface area contributed by atoms with Gasteiger partial charge in [-0.1, -0.05) is 19.8 Å². The van der Waals surface area contributed by atoms with Crippen LogP contribution in [0.1, 0.15) is 48.1 Å². The molecule has 0 saturated heterocycles. The molecule has 0 saturated carbocycles. The second-order valence-electron chi connectivity index (χ2n) is 4.41. The minimum Gasteiger partial charge on any atom is -0.354 e. The molecule has 19 heavy (non-hydrogen) atoms. The predicted octanol–water partition coefficient (Wildman–Crippen LogP) is 2.04. The Balaban J connectivity index is 2.47. The molecule has 1 aromatic heterocycles. The summed E-state index contributed by atoms with van der Waals surface area (Å²) in [6.07, 6.45) is 3.70. The molecule has 0 aliphatic carbocycles. The van der Waals surface area contributed by atoms with Crippen molar-refractivity contribution in [3.05, 3.63) is 16.1 Å². The second-order valence-corrected chi connectivity index (χ2v) is 5.36. The molecule has 1 aromatic rings. The molecule has 0 spiro atoms. The molecule has 1 rings (SSSR count). The molecular formula is C13H21N3O2S. The zero-order chi connectivity index (χ0) is 14.3. The van der Waals surface area contributed by atoms with E-state index in [1.54, 1.807) is 24.4 Å². The number of amides is 2. The van der Waals surface area contributed by atoms with Crippen LogP contribution in [-0.2, 0) is 11.3 Å². The maximum Gasteiger partial charge on any atom is 0.270 e. The number of aromatic nitrogens is 1. The molecule has 0 atom stereocenters. The van der Waals surface area contributed by atoms with Crippen LogP contribution in [0.15, 0.2) is 5.38 Å². The minimum atomic E-state index is -0.195. The highest BCUT2D eigenvalue weighted by molar-refractivity contribution is 7.09. The SMILES string of the molecule is CCCCCC(=O)N(C)Cc1nc(C(=O)NC)cs1. The van der Waals surface area contributed by atoms with Crippen molar-refractivity contribution in [2.75, 3.05) is 14.1 Å². The first-order chi connectivity index (χ1) is 9.08. The van der Waals surface area contributed by atoms with E-state index in [0.717, 1.165) is 24.3 Å². The van der Waals surface area contributed by atoms with Crippen LogP contribution >= 0.6 is 11.3 Å². The first-order valence-electron chi connectivity index (χ1n) is 6.49. The third-order valence-electron chi connectivity index (χ3n) is 2.80. The molecule has 106 valence electrons. The molecule has 0 aromatic carbocycles. The summed E-state index contributed by atoms with van der Waals surface area (Å²) < 4.78 is 0. The topological polar surface area (TPSA) is 62.3 Å². The largest absolute Gasteiger partial charge is 0.354 e. The van der Waals surface area contributed by atoms with Gasteiger partial charge in [0.15, 0.2) is 0 Å². The highest BCUT2D eigenvalue weighted by atomic mass is 32.1. The fourth-order valence-corrected chi connectivity index (χ4v) is 2.45. The van der Waals surface area contributed by atoms with Gasteiger partial charge >= 0.3 is 0 Å². The van der Waals surface area contributed by atoms with Crippen molar-refractivity contribution in [2.24, 2.45) is 0 Å². The Morgan fingerprint density at radius 1 is 1.42 bits per heavy atom. The molecule has 0 unspecified atom stereocenters. The lowest BCUT2D eigenvalue weighted by atomic mass is 10.2. The average Bonchev–Trinajstić information content (AvgIpc) is 2.86. The predicted molar refractivity (Wildman–Crippen MR) is 76.1 cm³/mol. The number of hydrogen-bond acceptors (Lipinski definition) is 4. The Bertz CT molecular complexity index is 431. The van der Waals surface area contributed by atoms with Gasteiger partial charge in [-0.25, -0.2) is 4.98 Å². The van der Waals surface area contributed by atoms with Crippen molar-refractivity contribution in [3.8, 4) is 0 Å². The van der Waals surface area contributed by atoms with Gasteiger partial charge < -0.3 is 10.2 Å². The third kappa shape index (κ3) is 4.98. The summed E-state index contributed by atoms with van der Waals surface area (Å²) in [5.41, 5.74) is 0.411. The zero-order valence-corrected chi connectivity index (χ0v) is 12.5. The molecule has 0 fully saturated rings. The number of thiazole rings is 1. The van der Waals surface area contributed by atoms with Gasteiger partial charge in [-0.3, -0.25) is 9.59 Å². The molecule has 2 amide bonds. The summed E-state index contributed by atoms with van der Waals surface area (Å²) >= 11 is 1.40. The lowest BCUT2D eigenvalue weighted by Crippen LogP contribution is -2.26. The number of rotatable bonds is 7. The van der Waals surface area contributed by atoms with Gasteiger partial charge in [0.1, 0.15) is 10.7 Å². The smallest absolute Gasteiger partial charge is 0.270 e. The maximum absolute atomic E-state index is 11.8. The zero-order valence-electron chi connectivity index (χ0n) is 11.7. The first-order valence-corrected chi connectivity index (χ1v) is 7.36. The molecule has 1 N–H and O–H groups in total. The van der Waals surface area contributed by atoms with Crippen LogP contribution in [0.5, 0.6) is 0 Å². The summed E-state index contributed by atoms with van der Waals surface area (Å²) in [6, 6.07) is 0. The Hall–Kier alpha value is -1.43. The molecule has 0 radical (unpaired) electrons. The molecule has 6 heteroatoms. The molecule has 5 nitrogen and oxygen atoms in total. The van der Waals surface area contributed by atoms with E-state index in [2.05, 4.69) is 17.2 Å². The standard InChI is InChI=1S/C13H21N3O2S/c1-4-5-6-7-12(17)16(3)8-11-15-10(9-19-11)13(18)14-2/h9H,4-8H2,1-3H3,(H,14,18). The van der Waals surface area contributed by atoms with Gasteiger partial charge in [0.25, 0.3) is 5.91 Å². The van der Waals surface area contributed by atoms with Gasteiger partial charge in [0, 0.05) is 25.9 Å². The molecule has 0 bridgehead atoms. The number of carbonyl (C=O) groups is 2. The lowest BCUT2D eigenvalue weighted by molar-refractivity contribution is -0.130. The summed E-state index contributed by atoms with van der Waals surface area (Å²) in [5, 5.41) is 5.02. The van der Waals surface area contributed by atoms with Crippen molar-refractivity contribution >= 4 is 23.2 Å². The molecule has 0 aliphatic heterocycles. The van der Waals surface area contributed by atoms with Crippen molar-refractivity contribution in [3.63, 3.8) is 0 Å². The van der Waals surface area contributed by atoms with Gasteiger partial charge in [0.05, 0.1) is 6.54 Å². The second kappa shape index (κ2) is 7.89. The lowest BCUT2D eigenvalue weighted by Gasteiger charge is -2.15. The highest BCUT2D eigenvalue weighted by Crippen LogP contribution is 2.13. The monoisotopic (exact) mass is 283 g/mol. The molecular weight excluding hydrogens is 262 g/mol. The van der Waals surface area contributed by atoms with Gasteiger partial charge in [-0.2, -0.15) is 0 Å². The summed E-state index contributed by atoms with van der Waals surface area (Å²) in [5.74, 6) is -0.0652. The van der Waals surface area contributed by atoms with Crippen molar-refractivity contribution in [1.29, 1.82) is 0 Å². The molecule has 1 heterocycles. The Morgan fingerprint density at radius 2 is 2.16 bits per heavy atom. The van der Waals surface area contributed by atoms with E-state index in [0.29, 0.717) is 18.7 Å². The van der Waals surface area contributed by atoms with Crippen LogP contribution in [0, 0.1) is 0 Å². The average molecular weight is 283 g/mol.